The Bertz CT molecular complexity index is 385. The minimum Gasteiger partial charge on any atom is -0.179 e. The zero-order valence-electron chi connectivity index (χ0n) is 8.26. The van der Waals surface area contributed by atoms with E-state index in [0.717, 1.165) is 18.6 Å². The Balaban J connectivity index is 2.92. The van der Waals surface area contributed by atoms with Crippen LogP contribution in [0.5, 0.6) is 0 Å². The SMILES string of the molecule is FC(F)(F)c1ccc(C=CCCS)c(Cl)c1. The summed E-state index contributed by atoms with van der Waals surface area (Å²) < 4.78 is 37.0. The van der Waals surface area contributed by atoms with Crippen LogP contribution in [0.3, 0.4) is 0 Å². The van der Waals surface area contributed by atoms with Crippen molar-refractivity contribution >= 4 is 30.3 Å². The number of alkyl halides is 3. The molecule has 0 aliphatic carbocycles. The van der Waals surface area contributed by atoms with Crippen LogP contribution >= 0.6 is 24.2 Å². The molecule has 16 heavy (non-hydrogen) atoms. The van der Waals surface area contributed by atoms with Gasteiger partial charge >= 0.3 is 6.18 Å². The van der Waals surface area contributed by atoms with E-state index in [0.29, 0.717) is 11.3 Å². The van der Waals surface area contributed by atoms with Crippen molar-refractivity contribution in [1.29, 1.82) is 0 Å². The number of thiol groups is 1. The molecule has 0 saturated heterocycles. The largest absolute Gasteiger partial charge is 0.416 e. The number of hydrogen-bond donors (Lipinski definition) is 1. The van der Waals surface area contributed by atoms with E-state index < -0.39 is 11.7 Å². The Labute approximate surface area is 103 Å². The van der Waals surface area contributed by atoms with Crippen molar-refractivity contribution in [3.8, 4) is 0 Å². The lowest BCUT2D eigenvalue weighted by Gasteiger charge is -2.07. The van der Waals surface area contributed by atoms with E-state index in [1.54, 1.807) is 6.08 Å². The Morgan fingerprint density at radius 2 is 2.00 bits per heavy atom. The van der Waals surface area contributed by atoms with Gasteiger partial charge in [-0.25, -0.2) is 0 Å². The minimum atomic E-state index is -4.35. The van der Waals surface area contributed by atoms with Gasteiger partial charge in [0.1, 0.15) is 0 Å². The summed E-state index contributed by atoms with van der Waals surface area (Å²) in [7, 11) is 0. The van der Waals surface area contributed by atoms with Gasteiger partial charge < -0.3 is 0 Å². The van der Waals surface area contributed by atoms with Gasteiger partial charge in [-0.15, -0.1) is 0 Å². The molecule has 0 nitrogen and oxygen atoms in total. The molecule has 1 aromatic carbocycles. The van der Waals surface area contributed by atoms with Gasteiger partial charge in [0, 0.05) is 5.02 Å². The van der Waals surface area contributed by atoms with Gasteiger partial charge in [-0.1, -0.05) is 29.8 Å². The number of allylic oxidation sites excluding steroid dienone is 1. The van der Waals surface area contributed by atoms with Gasteiger partial charge in [0.15, 0.2) is 0 Å². The lowest BCUT2D eigenvalue weighted by molar-refractivity contribution is -0.137. The van der Waals surface area contributed by atoms with Crippen molar-refractivity contribution in [3.63, 3.8) is 0 Å². The first-order chi connectivity index (χ1) is 7.45. The van der Waals surface area contributed by atoms with Crippen LogP contribution in [0.15, 0.2) is 24.3 Å². The molecule has 1 rings (SSSR count). The van der Waals surface area contributed by atoms with Gasteiger partial charge in [0.2, 0.25) is 0 Å². The van der Waals surface area contributed by atoms with Crippen LogP contribution in [0, 0.1) is 0 Å². The molecule has 0 saturated carbocycles. The van der Waals surface area contributed by atoms with Crippen molar-refractivity contribution in [2.24, 2.45) is 0 Å². The lowest BCUT2D eigenvalue weighted by atomic mass is 10.1. The molecule has 0 amide bonds. The fourth-order valence-corrected chi connectivity index (χ4v) is 1.52. The Hall–Kier alpha value is -0.610. The maximum Gasteiger partial charge on any atom is 0.416 e. The van der Waals surface area contributed by atoms with E-state index in [4.69, 9.17) is 11.6 Å². The molecule has 0 atom stereocenters. The lowest BCUT2D eigenvalue weighted by Crippen LogP contribution is -2.04. The predicted molar refractivity (Wildman–Crippen MR) is 64.0 cm³/mol. The van der Waals surface area contributed by atoms with Crippen molar-refractivity contribution < 1.29 is 13.2 Å². The summed E-state index contributed by atoms with van der Waals surface area (Å²) in [5.74, 6) is 0.689. The third-order valence-corrected chi connectivity index (χ3v) is 2.51. The molecule has 5 heteroatoms. The predicted octanol–water partition coefficient (Wildman–Crippen LogP) is 4.69. The summed E-state index contributed by atoms with van der Waals surface area (Å²) >= 11 is 9.76. The summed E-state index contributed by atoms with van der Waals surface area (Å²) in [6.07, 6.45) is -0.0857. The standard InChI is InChI=1S/C11H10ClF3S/c12-10-7-9(11(13,14)15)5-4-8(10)3-1-2-6-16/h1,3-5,7,16H,2,6H2. The molecule has 0 radical (unpaired) electrons. The Morgan fingerprint density at radius 1 is 1.31 bits per heavy atom. The van der Waals surface area contributed by atoms with E-state index in [-0.39, 0.29) is 5.02 Å². The van der Waals surface area contributed by atoms with Gasteiger partial charge in [0.25, 0.3) is 0 Å². The summed E-state index contributed by atoms with van der Waals surface area (Å²) in [6, 6.07) is 3.31. The normalized spacial score (nSPS) is 12.3. The molecule has 0 unspecified atom stereocenters. The highest BCUT2D eigenvalue weighted by Crippen LogP contribution is 2.32. The third kappa shape index (κ3) is 3.76. The average Bonchev–Trinajstić information content (AvgIpc) is 2.19. The molecule has 0 heterocycles. The van der Waals surface area contributed by atoms with E-state index in [1.807, 2.05) is 6.08 Å². The van der Waals surface area contributed by atoms with Crippen molar-refractivity contribution in [3.05, 3.63) is 40.4 Å². The number of rotatable bonds is 3. The van der Waals surface area contributed by atoms with E-state index in [9.17, 15) is 13.2 Å². The first kappa shape index (κ1) is 13.5. The first-order valence-corrected chi connectivity index (χ1v) is 5.60. The van der Waals surface area contributed by atoms with E-state index in [1.165, 1.54) is 6.07 Å². The second-order valence-electron chi connectivity index (χ2n) is 3.15. The maximum atomic E-state index is 12.3. The van der Waals surface area contributed by atoms with Crippen molar-refractivity contribution in [2.45, 2.75) is 12.6 Å². The van der Waals surface area contributed by atoms with Crippen LogP contribution < -0.4 is 0 Å². The zero-order valence-corrected chi connectivity index (χ0v) is 9.91. The fourth-order valence-electron chi connectivity index (χ4n) is 1.12. The molecule has 0 aliphatic rings. The maximum absolute atomic E-state index is 12.3. The summed E-state index contributed by atoms with van der Waals surface area (Å²) in [6.45, 7) is 0. The highest BCUT2D eigenvalue weighted by molar-refractivity contribution is 7.80. The highest BCUT2D eigenvalue weighted by Gasteiger charge is 2.30. The van der Waals surface area contributed by atoms with E-state index in [2.05, 4.69) is 12.6 Å². The molecule has 88 valence electrons. The van der Waals surface area contributed by atoms with Crippen LogP contribution in [-0.2, 0) is 6.18 Å². The molecule has 0 bridgehead atoms. The quantitative estimate of drug-likeness (QED) is 0.754. The van der Waals surface area contributed by atoms with Crippen molar-refractivity contribution in [2.75, 3.05) is 5.75 Å². The van der Waals surface area contributed by atoms with Crippen LogP contribution in [0.25, 0.3) is 6.08 Å². The smallest absolute Gasteiger partial charge is 0.179 e. The van der Waals surface area contributed by atoms with E-state index >= 15 is 0 Å². The van der Waals surface area contributed by atoms with Crippen LogP contribution in [0.2, 0.25) is 5.02 Å². The minimum absolute atomic E-state index is 0.102. The molecule has 1 aromatic rings. The topological polar surface area (TPSA) is 0 Å². The highest BCUT2D eigenvalue weighted by atomic mass is 35.5. The van der Waals surface area contributed by atoms with Crippen LogP contribution in [0.4, 0.5) is 13.2 Å². The summed E-state index contributed by atoms with van der Waals surface area (Å²) in [4.78, 5) is 0. The monoisotopic (exact) mass is 266 g/mol. The molecule has 0 N–H and O–H groups in total. The van der Waals surface area contributed by atoms with Gasteiger partial charge in [-0.2, -0.15) is 25.8 Å². The van der Waals surface area contributed by atoms with Crippen molar-refractivity contribution in [1.82, 2.24) is 0 Å². The van der Waals surface area contributed by atoms with Gasteiger partial charge in [-0.3, -0.25) is 0 Å². The molecule has 0 aliphatic heterocycles. The number of halogens is 4. The third-order valence-electron chi connectivity index (χ3n) is 1.92. The zero-order chi connectivity index (χ0) is 12.2. The Morgan fingerprint density at radius 3 is 2.50 bits per heavy atom. The summed E-state index contributed by atoms with van der Waals surface area (Å²) in [5.41, 5.74) is -0.153. The fraction of sp³-hybridized carbons (Fsp3) is 0.273. The average molecular weight is 267 g/mol. The Kier molecular flexibility index (Phi) is 4.74. The molecule has 0 spiro atoms. The van der Waals surface area contributed by atoms with Crippen LogP contribution in [-0.4, -0.2) is 5.75 Å². The number of benzene rings is 1. The molecular weight excluding hydrogens is 257 g/mol. The van der Waals surface area contributed by atoms with Gasteiger partial charge in [-0.05, 0) is 29.9 Å². The van der Waals surface area contributed by atoms with Gasteiger partial charge in [0.05, 0.1) is 5.56 Å². The second-order valence-corrected chi connectivity index (χ2v) is 4.00. The molecular formula is C11H10ClF3S. The molecule has 0 aromatic heterocycles. The first-order valence-electron chi connectivity index (χ1n) is 4.59. The number of hydrogen-bond acceptors (Lipinski definition) is 1. The van der Waals surface area contributed by atoms with Crippen LogP contribution in [0.1, 0.15) is 17.5 Å². The second kappa shape index (κ2) is 5.64. The summed E-state index contributed by atoms with van der Waals surface area (Å²) in [5, 5.41) is 0.102. The molecule has 0 fully saturated rings.